The highest BCUT2D eigenvalue weighted by atomic mass is 16.5. The molecule has 4 nitrogen and oxygen atoms in total. The number of hydrogen-bond donors (Lipinski definition) is 0. The van der Waals surface area contributed by atoms with Crippen molar-refractivity contribution in [3.05, 3.63) is 54.3 Å². The van der Waals surface area contributed by atoms with Crippen molar-refractivity contribution in [2.45, 2.75) is 19.3 Å². The number of carbonyl (C=O) groups excluding carboxylic acids is 2. The van der Waals surface area contributed by atoms with E-state index in [1.165, 1.54) is 7.11 Å². The van der Waals surface area contributed by atoms with Crippen LogP contribution in [0.15, 0.2) is 48.8 Å². The van der Waals surface area contributed by atoms with E-state index in [0.717, 1.165) is 11.3 Å². The van der Waals surface area contributed by atoms with E-state index >= 15 is 0 Å². The molecule has 1 aromatic carbocycles. The number of methoxy groups -OCH3 is 2. The Morgan fingerprint density at radius 2 is 1.83 bits per heavy atom. The first-order chi connectivity index (χ1) is 11.5. The molecular formula is C20H22O4. The van der Waals surface area contributed by atoms with Gasteiger partial charge in [0, 0.05) is 5.92 Å². The van der Waals surface area contributed by atoms with Gasteiger partial charge in [0.15, 0.2) is 11.5 Å². The topological polar surface area (TPSA) is 52.6 Å². The van der Waals surface area contributed by atoms with Crippen LogP contribution in [-0.4, -0.2) is 25.8 Å². The third-order valence-corrected chi connectivity index (χ3v) is 5.57. The van der Waals surface area contributed by atoms with Gasteiger partial charge in [0.1, 0.15) is 5.75 Å². The molecule has 0 amide bonds. The third kappa shape index (κ3) is 2.13. The van der Waals surface area contributed by atoms with Gasteiger partial charge in [0.2, 0.25) is 5.78 Å². The molecule has 4 heteroatoms. The first-order valence-corrected chi connectivity index (χ1v) is 8.10. The van der Waals surface area contributed by atoms with Crippen molar-refractivity contribution < 1.29 is 19.1 Å². The molecule has 126 valence electrons. The van der Waals surface area contributed by atoms with E-state index in [0.29, 0.717) is 12.2 Å². The molecule has 24 heavy (non-hydrogen) atoms. The van der Waals surface area contributed by atoms with Crippen LogP contribution in [0.4, 0.5) is 0 Å². The van der Waals surface area contributed by atoms with Gasteiger partial charge in [-0.15, -0.1) is 6.58 Å². The molecule has 2 aliphatic rings. The van der Waals surface area contributed by atoms with E-state index in [9.17, 15) is 9.59 Å². The summed E-state index contributed by atoms with van der Waals surface area (Å²) in [5.74, 6) is -0.0502. The van der Waals surface area contributed by atoms with Gasteiger partial charge in [-0.1, -0.05) is 25.1 Å². The average Bonchev–Trinajstić information content (AvgIpc) is 2.75. The van der Waals surface area contributed by atoms with Gasteiger partial charge >= 0.3 is 0 Å². The van der Waals surface area contributed by atoms with Crippen LogP contribution in [0.1, 0.15) is 24.8 Å². The van der Waals surface area contributed by atoms with E-state index < -0.39 is 11.3 Å². The third-order valence-electron chi connectivity index (χ3n) is 5.57. The lowest BCUT2D eigenvalue weighted by Crippen LogP contribution is -2.38. The fourth-order valence-electron chi connectivity index (χ4n) is 4.28. The van der Waals surface area contributed by atoms with Crippen molar-refractivity contribution in [2.24, 2.45) is 17.3 Å². The second-order valence-corrected chi connectivity index (χ2v) is 6.54. The predicted molar refractivity (Wildman–Crippen MR) is 90.7 cm³/mol. The summed E-state index contributed by atoms with van der Waals surface area (Å²) in [6.45, 7) is 5.84. The number of fused-ring (bicyclic) bond motifs is 2. The molecule has 2 aliphatic carbocycles. The molecule has 3 rings (SSSR count). The summed E-state index contributed by atoms with van der Waals surface area (Å²) in [6, 6.07) is 7.61. The summed E-state index contributed by atoms with van der Waals surface area (Å²) < 4.78 is 10.5. The standard InChI is InChI=1S/C20H22O4/c1-5-10-20-11-15(24-4)18(21)17(19(20)22)16(12(20)2)13-6-8-14(23-3)9-7-13/h5-9,11-12,16-17H,1,10H2,2-4H3. The van der Waals surface area contributed by atoms with Crippen LogP contribution >= 0.6 is 0 Å². The Balaban J connectivity index is 2.12. The van der Waals surface area contributed by atoms with Crippen molar-refractivity contribution >= 4 is 11.6 Å². The van der Waals surface area contributed by atoms with Crippen LogP contribution in [0.2, 0.25) is 0 Å². The van der Waals surface area contributed by atoms with E-state index in [-0.39, 0.29) is 23.4 Å². The van der Waals surface area contributed by atoms with Crippen molar-refractivity contribution in [2.75, 3.05) is 14.2 Å². The van der Waals surface area contributed by atoms with Crippen LogP contribution in [0.3, 0.4) is 0 Å². The average molecular weight is 326 g/mol. The maximum Gasteiger partial charge on any atom is 0.208 e. The van der Waals surface area contributed by atoms with E-state index in [1.807, 2.05) is 31.2 Å². The van der Waals surface area contributed by atoms with Gasteiger partial charge in [-0.2, -0.15) is 0 Å². The number of hydrogen-bond acceptors (Lipinski definition) is 4. The fraction of sp³-hybridized carbons (Fsp3) is 0.400. The quantitative estimate of drug-likeness (QED) is 0.615. The van der Waals surface area contributed by atoms with E-state index in [1.54, 1.807) is 19.3 Å². The molecule has 4 atom stereocenters. The Morgan fingerprint density at radius 3 is 2.38 bits per heavy atom. The minimum Gasteiger partial charge on any atom is -0.497 e. The summed E-state index contributed by atoms with van der Waals surface area (Å²) in [4.78, 5) is 25.9. The van der Waals surface area contributed by atoms with E-state index in [2.05, 4.69) is 6.58 Å². The number of rotatable bonds is 5. The zero-order valence-electron chi connectivity index (χ0n) is 14.2. The Kier molecular flexibility index (Phi) is 4.08. The van der Waals surface area contributed by atoms with Gasteiger partial charge < -0.3 is 9.47 Å². The van der Waals surface area contributed by atoms with Crippen LogP contribution < -0.4 is 4.74 Å². The molecule has 1 fully saturated rings. The summed E-state index contributed by atoms with van der Waals surface area (Å²) in [5, 5.41) is 0. The maximum absolute atomic E-state index is 13.1. The number of ether oxygens (including phenoxy) is 2. The molecule has 2 bridgehead atoms. The highest BCUT2D eigenvalue weighted by Crippen LogP contribution is 2.58. The Morgan fingerprint density at radius 1 is 1.17 bits per heavy atom. The Bertz CT molecular complexity index is 716. The fourth-order valence-corrected chi connectivity index (χ4v) is 4.28. The molecule has 0 saturated heterocycles. The minimum absolute atomic E-state index is 0.0125. The zero-order chi connectivity index (χ0) is 17.5. The molecule has 4 unspecified atom stereocenters. The van der Waals surface area contributed by atoms with Crippen LogP contribution in [-0.2, 0) is 14.3 Å². The molecular weight excluding hydrogens is 304 g/mol. The SMILES string of the molecule is C=CCC12C=C(OC)C(=O)C(C1=O)C(c1ccc(OC)cc1)C2C. The minimum atomic E-state index is -0.712. The first kappa shape index (κ1) is 16.5. The summed E-state index contributed by atoms with van der Waals surface area (Å²) in [6.07, 6.45) is 3.99. The van der Waals surface area contributed by atoms with Crippen molar-refractivity contribution in [1.29, 1.82) is 0 Å². The lowest BCUT2D eigenvalue weighted by atomic mass is 9.71. The molecule has 0 aliphatic heterocycles. The van der Waals surface area contributed by atoms with Crippen molar-refractivity contribution in [3.8, 4) is 5.75 Å². The molecule has 0 radical (unpaired) electrons. The zero-order valence-corrected chi connectivity index (χ0v) is 14.2. The van der Waals surface area contributed by atoms with Gasteiger partial charge in [-0.3, -0.25) is 9.59 Å². The van der Waals surface area contributed by atoms with Crippen molar-refractivity contribution in [3.63, 3.8) is 0 Å². The molecule has 0 heterocycles. The lowest BCUT2D eigenvalue weighted by Gasteiger charge is -2.31. The lowest BCUT2D eigenvalue weighted by molar-refractivity contribution is -0.136. The normalized spacial score (nSPS) is 31.6. The second kappa shape index (κ2) is 5.93. The first-order valence-electron chi connectivity index (χ1n) is 8.10. The van der Waals surface area contributed by atoms with Crippen LogP contribution in [0.5, 0.6) is 5.75 Å². The van der Waals surface area contributed by atoms with Crippen LogP contribution in [0.25, 0.3) is 0 Å². The number of ketones is 2. The van der Waals surface area contributed by atoms with Gasteiger partial charge in [0.05, 0.1) is 25.6 Å². The van der Waals surface area contributed by atoms with Gasteiger partial charge in [-0.25, -0.2) is 0 Å². The summed E-state index contributed by atoms with van der Waals surface area (Å²) in [5.41, 5.74) is 0.266. The number of allylic oxidation sites excluding steroid dienone is 3. The monoisotopic (exact) mass is 326 g/mol. The smallest absolute Gasteiger partial charge is 0.208 e. The Labute approximate surface area is 142 Å². The molecule has 1 saturated carbocycles. The summed E-state index contributed by atoms with van der Waals surface area (Å²) >= 11 is 0. The highest BCUT2D eigenvalue weighted by Gasteiger charge is 2.62. The largest absolute Gasteiger partial charge is 0.497 e. The highest BCUT2D eigenvalue weighted by molar-refractivity contribution is 6.17. The number of Topliss-reactive ketones (excluding diaryl/α,β-unsaturated/α-hetero) is 2. The molecule has 0 N–H and O–H groups in total. The second-order valence-electron chi connectivity index (χ2n) is 6.54. The maximum atomic E-state index is 13.1. The number of carbonyl (C=O) groups is 2. The van der Waals surface area contributed by atoms with Crippen molar-refractivity contribution in [1.82, 2.24) is 0 Å². The predicted octanol–water partition coefficient (Wildman–Crippen LogP) is 3.29. The number of benzene rings is 1. The van der Waals surface area contributed by atoms with E-state index in [4.69, 9.17) is 9.47 Å². The van der Waals surface area contributed by atoms with Gasteiger partial charge in [-0.05, 0) is 36.1 Å². The van der Waals surface area contributed by atoms with Crippen LogP contribution in [0, 0.1) is 17.3 Å². The molecule has 0 aromatic heterocycles. The van der Waals surface area contributed by atoms with Gasteiger partial charge in [0.25, 0.3) is 0 Å². The summed E-state index contributed by atoms with van der Waals surface area (Å²) in [7, 11) is 3.09. The molecule has 1 aromatic rings. The Hall–Kier alpha value is -2.36. The molecule has 0 spiro atoms.